The highest BCUT2D eigenvalue weighted by Crippen LogP contribution is 2.43. The summed E-state index contributed by atoms with van der Waals surface area (Å²) in [5, 5.41) is 0. The molecular weight excluding hydrogens is 278 g/mol. The summed E-state index contributed by atoms with van der Waals surface area (Å²) in [5.41, 5.74) is 2.21. The fraction of sp³-hybridized carbons (Fsp3) is 0.222. The van der Waals surface area contributed by atoms with Gasteiger partial charge in [-0.3, -0.25) is 9.59 Å². The average molecular weight is 295 g/mol. The van der Waals surface area contributed by atoms with E-state index < -0.39 is 0 Å². The predicted molar refractivity (Wildman–Crippen MR) is 82.8 cm³/mol. The van der Waals surface area contributed by atoms with Gasteiger partial charge in [-0.05, 0) is 11.6 Å². The van der Waals surface area contributed by atoms with Gasteiger partial charge >= 0.3 is 0 Å². The Morgan fingerprint density at radius 2 is 1.95 bits per heavy atom. The van der Waals surface area contributed by atoms with Crippen molar-refractivity contribution in [2.45, 2.75) is 12.3 Å². The first-order valence-corrected chi connectivity index (χ1v) is 7.16. The Labute approximate surface area is 129 Å². The maximum absolute atomic E-state index is 12.9. The normalized spacial score (nSPS) is 19.6. The fourth-order valence-corrected chi connectivity index (χ4v) is 2.75. The summed E-state index contributed by atoms with van der Waals surface area (Å²) < 4.78 is 5.56. The molecule has 1 amide bonds. The monoisotopic (exact) mass is 295 g/mol. The summed E-state index contributed by atoms with van der Waals surface area (Å²) in [6.45, 7) is 0. The molecular formula is C18H17NO3. The third-order valence-corrected chi connectivity index (χ3v) is 3.91. The van der Waals surface area contributed by atoms with Crippen molar-refractivity contribution in [1.29, 1.82) is 0 Å². The molecule has 0 spiro atoms. The molecule has 1 aliphatic heterocycles. The van der Waals surface area contributed by atoms with Crippen LogP contribution < -0.4 is 0 Å². The van der Waals surface area contributed by atoms with Crippen molar-refractivity contribution in [3.8, 4) is 0 Å². The largest absolute Gasteiger partial charge is 0.464 e. The average Bonchev–Trinajstić information content (AvgIpc) is 2.80. The first-order valence-electron chi connectivity index (χ1n) is 7.16. The van der Waals surface area contributed by atoms with E-state index in [0.717, 1.165) is 11.1 Å². The summed E-state index contributed by atoms with van der Waals surface area (Å²) in [6.07, 6.45) is 5.27. The second-order valence-electron chi connectivity index (χ2n) is 5.55. The molecule has 3 rings (SSSR count). The van der Waals surface area contributed by atoms with Crippen molar-refractivity contribution in [3.63, 3.8) is 0 Å². The molecule has 1 heterocycles. The number of allylic oxidation sites excluding steroid dienone is 3. The Balaban J connectivity index is 2.01. The standard InChI is InChI=1S/C18H17NO3/c1-19(2)15(20)11-14-17(21)16(12-7-4-3-5-8-12)13-9-6-10-22-18(13)14/h3-10,16H,11H2,1-2H3. The summed E-state index contributed by atoms with van der Waals surface area (Å²) in [4.78, 5) is 26.3. The number of hydrogen-bond acceptors (Lipinski definition) is 3. The molecule has 4 nitrogen and oxygen atoms in total. The highest BCUT2D eigenvalue weighted by atomic mass is 16.5. The molecule has 1 aromatic rings. The van der Waals surface area contributed by atoms with Crippen molar-refractivity contribution < 1.29 is 14.3 Å². The number of fused-ring (bicyclic) bond motifs is 1. The van der Waals surface area contributed by atoms with Gasteiger partial charge in [-0.15, -0.1) is 0 Å². The maximum Gasteiger partial charge on any atom is 0.226 e. The first kappa shape index (κ1) is 14.3. The third-order valence-electron chi connectivity index (χ3n) is 3.91. The molecule has 2 aliphatic rings. The fourth-order valence-electron chi connectivity index (χ4n) is 2.75. The second kappa shape index (κ2) is 5.64. The van der Waals surface area contributed by atoms with Crippen LogP contribution in [0, 0.1) is 0 Å². The number of ketones is 1. The molecule has 0 saturated heterocycles. The molecule has 1 aromatic carbocycles. The smallest absolute Gasteiger partial charge is 0.226 e. The zero-order valence-electron chi connectivity index (χ0n) is 12.6. The molecule has 112 valence electrons. The molecule has 0 bridgehead atoms. The molecule has 1 aliphatic carbocycles. The lowest BCUT2D eigenvalue weighted by molar-refractivity contribution is -0.129. The van der Waals surface area contributed by atoms with Gasteiger partial charge in [0.2, 0.25) is 5.91 Å². The van der Waals surface area contributed by atoms with Gasteiger partial charge < -0.3 is 9.64 Å². The van der Waals surface area contributed by atoms with E-state index in [9.17, 15) is 9.59 Å². The zero-order chi connectivity index (χ0) is 15.7. The Morgan fingerprint density at radius 3 is 2.64 bits per heavy atom. The van der Waals surface area contributed by atoms with Gasteiger partial charge in [0.15, 0.2) is 5.78 Å². The minimum absolute atomic E-state index is 0.0497. The Kier molecular flexibility index (Phi) is 3.67. The van der Waals surface area contributed by atoms with Crippen molar-refractivity contribution in [2.75, 3.05) is 14.1 Å². The SMILES string of the molecule is CN(C)C(=O)CC1=C2OC=CC=C2C(c2ccccc2)C1=O. The van der Waals surface area contributed by atoms with Crippen molar-refractivity contribution in [3.05, 3.63) is 71.2 Å². The van der Waals surface area contributed by atoms with Gasteiger partial charge in [-0.25, -0.2) is 0 Å². The summed E-state index contributed by atoms with van der Waals surface area (Å²) in [5.74, 6) is -0.00363. The molecule has 0 N–H and O–H groups in total. The molecule has 4 heteroatoms. The van der Waals surface area contributed by atoms with Crippen LogP contribution in [0.25, 0.3) is 0 Å². The van der Waals surface area contributed by atoms with Crippen molar-refractivity contribution in [2.24, 2.45) is 0 Å². The molecule has 0 radical (unpaired) electrons. The number of ether oxygens (including phenoxy) is 1. The van der Waals surface area contributed by atoms with E-state index >= 15 is 0 Å². The van der Waals surface area contributed by atoms with E-state index in [4.69, 9.17) is 4.74 Å². The Bertz CT molecular complexity index is 711. The molecule has 0 aromatic heterocycles. The highest BCUT2D eigenvalue weighted by molar-refractivity contribution is 6.10. The van der Waals surface area contributed by atoms with Crippen LogP contribution in [0.4, 0.5) is 0 Å². The van der Waals surface area contributed by atoms with E-state index in [1.807, 2.05) is 36.4 Å². The topological polar surface area (TPSA) is 46.6 Å². The lowest BCUT2D eigenvalue weighted by Gasteiger charge is -2.15. The number of hydrogen-bond donors (Lipinski definition) is 0. The number of carbonyl (C=O) groups excluding carboxylic acids is 2. The maximum atomic E-state index is 12.9. The van der Waals surface area contributed by atoms with Gasteiger partial charge in [-0.1, -0.05) is 36.4 Å². The lowest BCUT2D eigenvalue weighted by atomic mass is 9.90. The summed E-state index contributed by atoms with van der Waals surface area (Å²) >= 11 is 0. The van der Waals surface area contributed by atoms with Crippen LogP contribution >= 0.6 is 0 Å². The van der Waals surface area contributed by atoms with Gasteiger partial charge in [0, 0.05) is 25.2 Å². The van der Waals surface area contributed by atoms with Crippen LogP contribution in [-0.4, -0.2) is 30.7 Å². The van der Waals surface area contributed by atoms with Gasteiger partial charge in [0.1, 0.15) is 5.76 Å². The lowest BCUT2D eigenvalue weighted by Crippen LogP contribution is -2.23. The number of Topliss-reactive ketones (excluding diaryl/α,β-unsaturated/α-hetero) is 1. The number of rotatable bonds is 3. The number of amides is 1. The van der Waals surface area contributed by atoms with Crippen molar-refractivity contribution in [1.82, 2.24) is 4.90 Å². The van der Waals surface area contributed by atoms with Crippen LogP contribution in [0.2, 0.25) is 0 Å². The minimum Gasteiger partial charge on any atom is -0.464 e. The molecule has 1 atom stereocenters. The predicted octanol–water partition coefficient (Wildman–Crippen LogP) is 2.56. The summed E-state index contributed by atoms with van der Waals surface area (Å²) in [7, 11) is 3.36. The van der Waals surface area contributed by atoms with E-state index in [-0.39, 0.29) is 24.0 Å². The number of nitrogens with zero attached hydrogens (tertiary/aromatic N) is 1. The number of carbonyl (C=O) groups is 2. The van der Waals surface area contributed by atoms with Crippen LogP contribution in [0.1, 0.15) is 17.9 Å². The van der Waals surface area contributed by atoms with Crippen molar-refractivity contribution >= 4 is 11.7 Å². The van der Waals surface area contributed by atoms with Gasteiger partial charge in [-0.2, -0.15) is 0 Å². The Hall–Kier alpha value is -2.62. The highest BCUT2D eigenvalue weighted by Gasteiger charge is 2.40. The zero-order valence-corrected chi connectivity index (χ0v) is 12.6. The van der Waals surface area contributed by atoms with Gasteiger partial charge in [0.25, 0.3) is 0 Å². The molecule has 1 unspecified atom stereocenters. The minimum atomic E-state index is -0.383. The van der Waals surface area contributed by atoms with E-state index in [1.165, 1.54) is 4.90 Å². The van der Waals surface area contributed by atoms with Crippen LogP contribution in [0.15, 0.2) is 65.7 Å². The third kappa shape index (κ3) is 2.37. The van der Waals surface area contributed by atoms with Crippen LogP contribution in [-0.2, 0) is 14.3 Å². The molecule has 0 saturated carbocycles. The van der Waals surface area contributed by atoms with Crippen LogP contribution in [0.3, 0.4) is 0 Å². The first-order chi connectivity index (χ1) is 10.6. The molecule has 0 fully saturated rings. The van der Waals surface area contributed by atoms with Crippen LogP contribution in [0.5, 0.6) is 0 Å². The quantitative estimate of drug-likeness (QED) is 0.861. The van der Waals surface area contributed by atoms with E-state index in [1.54, 1.807) is 26.4 Å². The summed E-state index contributed by atoms with van der Waals surface area (Å²) in [6, 6.07) is 9.59. The Morgan fingerprint density at radius 1 is 1.23 bits per heavy atom. The molecule has 22 heavy (non-hydrogen) atoms. The van der Waals surface area contributed by atoms with Gasteiger partial charge in [0.05, 0.1) is 18.6 Å². The van der Waals surface area contributed by atoms with E-state index in [0.29, 0.717) is 11.3 Å². The number of benzene rings is 1. The second-order valence-corrected chi connectivity index (χ2v) is 5.55. The van der Waals surface area contributed by atoms with E-state index in [2.05, 4.69) is 0 Å².